The first-order valence-electron chi connectivity index (χ1n) is 6.80. The van der Waals surface area contributed by atoms with E-state index < -0.39 is 4.92 Å². The molecule has 1 saturated heterocycles. The lowest BCUT2D eigenvalue weighted by Crippen LogP contribution is -2.35. The van der Waals surface area contributed by atoms with Gasteiger partial charge in [0, 0.05) is 18.8 Å². The molecule has 0 radical (unpaired) electrons. The lowest BCUT2D eigenvalue weighted by Gasteiger charge is -2.15. The Balaban J connectivity index is 1.88. The van der Waals surface area contributed by atoms with Crippen LogP contribution in [0.15, 0.2) is 30.2 Å². The summed E-state index contributed by atoms with van der Waals surface area (Å²) in [5.41, 5.74) is 6.44. The van der Waals surface area contributed by atoms with Crippen LogP contribution in [0.25, 0.3) is 0 Å². The van der Waals surface area contributed by atoms with Crippen LogP contribution in [0.4, 0.5) is 5.82 Å². The first kappa shape index (κ1) is 15.0. The van der Waals surface area contributed by atoms with Gasteiger partial charge in [-0.2, -0.15) is 0 Å². The van der Waals surface area contributed by atoms with E-state index in [4.69, 9.17) is 4.74 Å². The molecule has 0 aromatic carbocycles. The highest BCUT2D eigenvalue weighted by Crippen LogP contribution is 2.11. The second kappa shape index (κ2) is 7.44. The molecule has 0 amide bonds. The Kier molecular flexibility index (Phi) is 5.33. The molecular formula is C13H19N5O3. The molecule has 0 aliphatic carbocycles. The Morgan fingerprint density at radius 3 is 3.14 bits per heavy atom. The average molecular weight is 293 g/mol. The van der Waals surface area contributed by atoms with Crippen molar-refractivity contribution in [2.75, 3.05) is 18.6 Å². The number of pyridine rings is 1. The van der Waals surface area contributed by atoms with E-state index in [9.17, 15) is 10.1 Å². The zero-order valence-corrected chi connectivity index (χ0v) is 11.8. The Labute approximate surface area is 122 Å². The quantitative estimate of drug-likeness (QED) is 0.512. The maximum atomic E-state index is 10.6. The molecule has 0 saturated carbocycles. The average Bonchev–Trinajstić information content (AvgIpc) is 2.95. The number of anilines is 1. The van der Waals surface area contributed by atoms with Gasteiger partial charge < -0.3 is 10.1 Å². The van der Waals surface area contributed by atoms with Gasteiger partial charge in [-0.15, -0.1) is 0 Å². The third kappa shape index (κ3) is 5.27. The monoisotopic (exact) mass is 293 g/mol. The van der Waals surface area contributed by atoms with Gasteiger partial charge in [-0.25, -0.2) is 4.98 Å². The molecule has 0 spiro atoms. The second-order valence-electron chi connectivity index (χ2n) is 4.76. The maximum Gasteiger partial charge on any atom is 0.275 e. The van der Waals surface area contributed by atoms with Crippen LogP contribution >= 0.6 is 0 Å². The van der Waals surface area contributed by atoms with Crippen LogP contribution in [0.2, 0.25) is 0 Å². The molecule has 8 heteroatoms. The summed E-state index contributed by atoms with van der Waals surface area (Å²) >= 11 is 0. The van der Waals surface area contributed by atoms with E-state index >= 15 is 0 Å². The van der Waals surface area contributed by atoms with Crippen molar-refractivity contribution in [2.45, 2.75) is 25.9 Å². The fraction of sp³-hybridized carbons (Fsp3) is 0.462. The molecule has 1 unspecified atom stereocenters. The van der Waals surface area contributed by atoms with Crippen molar-refractivity contribution in [2.24, 2.45) is 0 Å². The summed E-state index contributed by atoms with van der Waals surface area (Å²) in [7, 11) is 0. The lowest BCUT2D eigenvalue weighted by atomic mass is 10.2. The molecule has 0 bridgehead atoms. The first-order valence-corrected chi connectivity index (χ1v) is 6.80. The van der Waals surface area contributed by atoms with Crippen LogP contribution in [-0.4, -0.2) is 29.2 Å². The van der Waals surface area contributed by atoms with Crippen molar-refractivity contribution >= 4 is 5.82 Å². The highest BCUT2D eigenvalue weighted by molar-refractivity contribution is 5.34. The van der Waals surface area contributed by atoms with Crippen molar-refractivity contribution in [3.05, 3.63) is 46.0 Å². The molecule has 21 heavy (non-hydrogen) atoms. The SMILES string of the molecule is Cc1cccc(NN/C(=C\[N+](=O)[O-])NCC2CCCO2)n1. The number of aromatic nitrogens is 1. The number of hydrogen-bond acceptors (Lipinski definition) is 7. The van der Waals surface area contributed by atoms with E-state index in [0.29, 0.717) is 12.4 Å². The van der Waals surface area contributed by atoms with Gasteiger partial charge in [-0.1, -0.05) is 6.07 Å². The third-order valence-corrected chi connectivity index (χ3v) is 2.99. The van der Waals surface area contributed by atoms with Crippen molar-refractivity contribution in [1.29, 1.82) is 0 Å². The summed E-state index contributed by atoms with van der Waals surface area (Å²) in [6.45, 7) is 3.14. The van der Waals surface area contributed by atoms with E-state index in [-0.39, 0.29) is 11.9 Å². The van der Waals surface area contributed by atoms with Crippen LogP contribution in [0, 0.1) is 17.0 Å². The Morgan fingerprint density at radius 1 is 1.62 bits per heavy atom. The van der Waals surface area contributed by atoms with Crippen LogP contribution < -0.4 is 16.2 Å². The fourth-order valence-corrected chi connectivity index (χ4v) is 2.00. The number of nitrogens with zero attached hydrogens (tertiary/aromatic N) is 2. The van der Waals surface area contributed by atoms with E-state index in [1.165, 1.54) is 0 Å². The van der Waals surface area contributed by atoms with Crippen molar-refractivity contribution in [1.82, 2.24) is 15.7 Å². The predicted octanol–water partition coefficient (Wildman–Crippen LogP) is 1.15. The molecule has 2 heterocycles. The van der Waals surface area contributed by atoms with Gasteiger partial charge in [0.1, 0.15) is 5.82 Å². The van der Waals surface area contributed by atoms with E-state index in [1.54, 1.807) is 6.07 Å². The number of hydrazine groups is 1. The Morgan fingerprint density at radius 2 is 2.48 bits per heavy atom. The van der Waals surface area contributed by atoms with Gasteiger partial charge in [0.25, 0.3) is 6.20 Å². The summed E-state index contributed by atoms with van der Waals surface area (Å²) in [4.78, 5) is 14.4. The van der Waals surface area contributed by atoms with Gasteiger partial charge in [0.2, 0.25) is 0 Å². The van der Waals surface area contributed by atoms with E-state index in [0.717, 1.165) is 31.3 Å². The van der Waals surface area contributed by atoms with Crippen LogP contribution in [0.5, 0.6) is 0 Å². The standard InChI is InChI=1S/C13H19N5O3/c1-10-4-2-6-12(15-10)16-17-13(9-18(19)20)14-8-11-5-3-7-21-11/h2,4,6,9,11,14,17H,3,5,7-8H2,1H3,(H,15,16)/b13-9-. The number of hydrogen-bond donors (Lipinski definition) is 3. The number of nitro groups is 1. The summed E-state index contributed by atoms with van der Waals surface area (Å²) in [5, 5.41) is 13.6. The summed E-state index contributed by atoms with van der Waals surface area (Å²) in [6, 6.07) is 5.49. The van der Waals surface area contributed by atoms with Gasteiger partial charge in [-0.3, -0.25) is 21.0 Å². The second-order valence-corrected chi connectivity index (χ2v) is 4.76. The zero-order chi connectivity index (χ0) is 15.1. The van der Waals surface area contributed by atoms with Crippen LogP contribution in [0.1, 0.15) is 18.5 Å². The van der Waals surface area contributed by atoms with Crippen LogP contribution in [0.3, 0.4) is 0 Å². The van der Waals surface area contributed by atoms with Crippen molar-refractivity contribution in [3.63, 3.8) is 0 Å². The van der Waals surface area contributed by atoms with E-state index in [2.05, 4.69) is 21.2 Å². The highest BCUT2D eigenvalue weighted by Gasteiger charge is 2.16. The minimum absolute atomic E-state index is 0.0963. The highest BCUT2D eigenvalue weighted by atomic mass is 16.6. The van der Waals surface area contributed by atoms with Gasteiger partial charge in [-0.05, 0) is 31.9 Å². The minimum atomic E-state index is -0.518. The Bertz CT molecular complexity index is 514. The lowest BCUT2D eigenvalue weighted by molar-refractivity contribution is -0.404. The van der Waals surface area contributed by atoms with E-state index in [1.807, 2.05) is 19.1 Å². The number of rotatable bonds is 7. The summed E-state index contributed by atoms with van der Waals surface area (Å²) in [6.07, 6.45) is 2.96. The minimum Gasteiger partial charge on any atom is -0.376 e. The fourth-order valence-electron chi connectivity index (χ4n) is 2.00. The van der Waals surface area contributed by atoms with Crippen molar-refractivity contribution in [3.8, 4) is 0 Å². The summed E-state index contributed by atoms with van der Waals surface area (Å²) < 4.78 is 5.47. The topological polar surface area (TPSA) is 101 Å². The van der Waals surface area contributed by atoms with Gasteiger partial charge in [0.05, 0.1) is 11.0 Å². The zero-order valence-electron chi connectivity index (χ0n) is 11.8. The molecule has 2 rings (SSSR count). The Hall–Kier alpha value is -2.35. The molecule has 8 nitrogen and oxygen atoms in total. The molecule has 1 aromatic rings. The smallest absolute Gasteiger partial charge is 0.275 e. The molecule has 1 fully saturated rings. The molecule has 3 N–H and O–H groups in total. The number of nitrogens with one attached hydrogen (secondary N) is 3. The predicted molar refractivity (Wildman–Crippen MR) is 77.8 cm³/mol. The van der Waals surface area contributed by atoms with Gasteiger partial charge >= 0.3 is 0 Å². The molecule has 1 aromatic heterocycles. The van der Waals surface area contributed by atoms with Crippen molar-refractivity contribution < 1.29 is 9.66 Å². The summed E-state index contributed by atoms with van der Waals surface area (Å²) in [5.74, 6) is 0.849. The molecular weight excluding hydrogens is 274 g/mol. The number of ether oxygens (including phenoxy) is 1. The molecule has 1 atom stereocenters. The number of aryl methyl sites for hydroxylation is 1. The third-order valence-electron chi connectivity index (χ3n) is 2.99. The van der Waals surface area contributed by atoms with Crippen LogP contribution in [-0.2, 0) is 4.74 Å². The molecule has 1 aliphatic heterocycles. The normalized spacial score (nSPS) is 18.3. The first-order chi connectivity index (χ1) is 10.1. The maximum absolute atomic E-state index is 10.6. The molecule has 1 aliphatic rings. The molecule has 114 valence electrons. The largest absolute Gasteiger partial charge is 0.376 e. The van der Waals surface area contributed by atoms with Gasteiger partial charge in [0.15, 0.2) is 5.82 Å².